The Morgan fingerprint density at radius 2 is 1.14 bits per heavy atom. The molecule has 0 bridgehead atoms. The summed E-state index contributed by atoms with van der Waals surface area (Å²) in [6, 6.07) is 25.0. The maximum atomic E-state index is 16.2. The van der Waals surface area contributed by atoms with Crippen molar-refractivity contribution in [2.45, 2.75) is 96.8 Å². The number of carbonyl (C=O) groups excluding carboxylic acids is 3. The summed E-state index contributed by atoms with van der Waals surface area (Å²) < 4.78 is 23.2. The maximum absolute atomic E-state index is 16.2. The second kappa shape index (κ2) is 20.5. The highest BCUT2D eigenvalue weighted by molar-refractivity contribution is 5.86. The van der Waals surface area contributed by atoms with Crippen LogP contribution < -0.4 is 15.5 Å². The fourth-order valence-electron chi connectivity index (χ4n) is 10.6. The lowest BCUT2D eigenvalue weighted by molar-refractivity contribution is -0.136. The SMILES string of the molecule is CN[C@H](C(=O)N1CCC[C@H]1c1ncc(-c2ccc(-c3ccc(-c4ccc(-c5cnc([C@@H]6CCCN6C(=O)C(NC(=O)OC)C(C)C)[nH]5)cc4)n3-c3ccc(N4CCCCC4)c(F)c3)cc2)[nH]1)C(C)C. The van der Waals surface area contributed by atoms with Crippen molar-refractivity contribution < 1.29 is 23.5 Å². The predicted octanol–water partition coefficient (Wildman–Crippen LogP) is 9.67. The Bertz CT molecular complexity index is 2750. The van der Waals surface area contributed by atoms with Crippen LogP contribution in [-0.2, 0) is 14.3 Å². The Kier molecular flexibility index (Phi) is 14.0. The van der Waals surface area contributed by atoms with Gasteiger partial charge in [0.25, 0.3) is 0 Å². The van der Waals surface area contributed by atoms with Gasteiger partial charge in [0.2, 0.25) is 11.8 Å². The highest BCUT2D eigenvalue weighted by Crippen LogP contribution is 2.38. The van der Waals surface area contributed by atoms with Gasteiger partial charge in [-0.1, -0.05) is 76.2 Å². The van der Waals surface area contributed by atoms with Crippen molar-refractivity contribution >= 4 is 23.6 Å². The molecule has 69 heavy (non-hydrogen) atoms. The van der Waals surface area contributed by atoms with E-state index < -0.39 is 12.1 Å². The number of anilines is 1. The lowest BCUT2D eigenvalue weighted by atomic mass is 10.0. The van der Waals surface area contributed by atoms with Gasteiger partial charge in [0.15, 0.2) is 0 Å². The third kappa shape index (κ3) is 9.66. The Labute approximate surface area is 404 Å². The number of ether oxygens (including phenoxy) is 1. The quantitative estimate of drug-likeness (QED) is 0.0842. The predicted molar refractivity (Wildman–Crippen MR) is 267 cm³/mol. The Morgan fingerprint density at radius 3 is 1.61 bits per heavy atom. The first-order valence-electron chi connectivity index (χ1n) is 24.6. The van der Waals surface area contributed by atoms with Crippen LogP contribution in [-0.4, -0.2) is 105 Å². The van der Waals surface area contributed by atoms with Gasteiger partial charge in [-0.15, -0.1) is 0 Å². The number of carbonyl (C=O) groups is 3. The van der Waals surface area contributed by atoms with Gasteiger partial charge in [-0.3, -0.25) is 9.59 Å². The van der Waals surface area contributed by atoms with Crippen LogP contribution in [0.15, 0.2) is 91.3 Å². The minimum absolute atomic E-state index is 0.100. The third-order valence-electron chi connectivity index (χ3n) is 14.3. The van der Waals surface area contributed by atoms with Crippen LogP contribution in [0.25, 0.3) is 50.7 Å². The zero-order valence-corrected chi connectivity index (χ0v) is 40.6. The summed E-state index contributed by atoms with van der Waals surface area (Å²) in [6.45, 7) is 10.9. The number of likely N-dealkylation sites (tertiary alicyclic amines) is 2. The largest absolute Gasteiger partial charge is 0.453 e. The van der Waals surface area contributed by atoms with E-state index in [1.54, 1.807) is 12.3 Å². The van der Waals surface area contributed by atoms with Gasteiger partial charge in [0.1, 0.15) is 23.5 Å². The number of imidazole rings is 2. The van der Waals surface area contributed by atoms with Gasteiger partial charge in [-0.2, -0.15) is 0 Å². The summed E-state index contributed by atoms with van der Waals surface area (Å²) >= 11 is 0. The standard InChI is InChI=1S/C54H65FN10O4/c1-33(2)48(56-5)52(66)63-28-10-12-46(63)50-57-31-41(59-50)35-14-18-37(19-15-35)43-24-25-44(65(43)39-22-23-45(40(55)30-39)62-26-8-7-9-27-62)38-20-16-36(17-21-38)42-32-58-51(60-42)47-13-11-29-64(47)53(67)49(34(3)4)61-54(68)69-6/h14-25,30-34,46-49,56H,7-13,26-29H2,1-6H3,(H,57,59)(H,58,60)(H,61,68)/t46-,47-,48-,49?/m0/s1. The van der Waals surface area contributed by atoms with Crippen molar-refractivity contribution in [3.8, 4) is 50.7 Å². The molecular weight excluding hydrogens is 872 g/mol. The number of H-pyrrole nitrogens is 2. The molecule has 0 saturated carbocycles. The minimum atomic E-state index is -0.715. The summed E-state index contributed by atoms with van der Waals surface area (Å²) in [7, 11) is 3.14. The van der Waals surface area contributed by atoms with E-state index in [0.29, 0.717) is 24.6 Å². The Hall–Kier alpha value is -6.74. The van der Waals surface area contributed by atoms with Crippen molar-refractivity contribution in [1.29, 1.82) is 0 Å². The molecule has 6 heterocycles. The molecule has 3 amide bonds. The summed E-state index contributed by atoms with van der Waals surface area (Å²) in [4.78, 5) is 61.9. The van der Waals surface area contributed by atoms with Crippen molar-refractivity contribution in [1.82, 2.24) is 44.9 Å². The molecule has 0 spiro atoms. The van der Waals surface area contributed by atoms with Crippen LogP contribution in [0.5, 0.6) is 0 Å². The lowest BCUT2D eigenvalue weighted by Gasteiger charge is -2.30. The Morgan fingerprint density at radius 1 is 0.652 bits per heavy atom. The molecule has 1 unspecified atom stereocenters. The summed E-state index contributed by atoms with van der Waals surface area (Å²) in [5.41, 5.74) is 8.69. The van der Waals surface area contributed by atoms with Crippen LogP contribution in [0, 0.1) is 17.7 Å². The van der Waals surface area contributed by atoms with E-state index in [-0.39, 0.29) is 47.6 Å². The van der Waals surface area contributed by atoms with Gasteiger partial charge in [-0.05, 0) is 110 Å². The molecule has 362 valence electrons. The maximum Gasteiger partial charge on any atom is 0.407 e. The van der Waals surface area contributed by atoms with E-state index >= 15 is 4.39 Å². The van der Waals surface area contributed by atoms with Crippen molar-refractivity contribution in [2.75, 3.05) is 45.2 Å². The van der Waals surface area contributed by atoms with Crippen LogP contribution >= 0.6 is 0 Å². The van der Waals surface area contributed by atoms with Crippen molar-refractivity contribution in [3.63, 3.8) is 0 Å². The molecular formula is C54H65FN10O4. The molecule has 15 heteroatoms. The number of amides is 3. The number of likely N-dealkylation sites (N-methyl/N-ethyl adjacent to an activating group) is 1. The lowest BCUT2D eigenvalue weighted by Crippen LogP contribution is -2.51. The average molecular weight is 937 g/mol. The molecule has 3 aromatic carbocycles. The monoisotopic (exact) mass is 937 g/mol. The molecule has 3 aliphatic rings. The molecule has 3 aromatic heterocycles. The van der Waals surface area contributed by atoms with E-state index in [1.807, 2.05) is 61.2 Å². The third-order valence-corrected chi connectivity index (χ3v) is 14.3. The smallest absolute Gasteiger partial charge is 0.407 e. The molecule has 3 aliphatic heterocycles. The number of hydrogen-bond donors (Lipinski definition) is 4. The zero-order valence-electron chi connectivity index (χ0n) is 40.6. The summed E-state index contributed by atoms with van der Waals surface area (Å²) in [5, 5.41) is 5.92. The van der Waals surface area contributed by atoms with Crippen molar-refractivity contribution in [2.24, 2.45) is 11.8 Å². The molecule has 4 N–H and O–H groups in total. The van der Waals surface area contributed by atoms with Crippen LogP contribution in [0.2, 0.25) is 0 Å². The number of alkyl carbamates (subject to hydrolysis) is 1. The highest BCUT2D eigenvalue weighted by Gasteiger charge is 2.38. The van der Waals surface area contributed by atoms with E-state index in [0.717, 1.165) is 108 Å². The van der Waals surface area contributed by atoms with Crippen LogP contribution in [0.3, 0.4) is 0 Å². The first-order chi connectivity index (χ1) is 33.4. The normalized spacial score (nSPS) is 18.3. The number of aromatic nitrogens is 5. The molecule has 3 fully saturated rings. The number of piperidine rings is 1. The van der Waals surface area contributed by atoms with Gasteiger partial charge < -0.3 is 44.6 Å². The number of halogens is 1. The number of hydrogen-bond acceptors (Lipinski definition) is 8. The van der Waals surface area contributed by atoms with Gasteiger partial charge in [0, 0.05) is 37.9 Å². The molecule has 6 aromatic rings. The molecule has 14 nitrogen and oxygen atoms in total. The first kappa shape index (κ1) is 47.3. The average Bonchev–Trinajstić information content (AvgIpc) is 4.23. The van der Waals surface area contributed by atoms with E-state index in [9.17, 15) is 14.4 Å². The summed E-state index contributed by atoms with van der Waals surface area (Å²) in [6.07, 6.45) is 9.67. The fraction of sp³-hybridized carbons (Fsp3) is 0.426. The van der Waals surface area contributed by atoms with Gasteiger partial charge >= 0.3 is 6.09 Å². The number of nitrogens with one attached hydrogen (secondary N) is 4. The number of nitrogens with zero attached hydrogens (tertiary/aromatic N) is 6. The second-order valence-corrected chi connectivity index (χ2v) is 19.4. The minimum Gasteiger partial charge on any atom is -0.453 e. The molecule has 3 saturated heterocycles. The summed E-state index contributed by atoms with van der Waals surface area (Å²) in [5.74, 6) is 1.25. The number of benzene rings is 3. The van der Waals surface area contributed by atoms with Crippen LogP contribution in [0.1, 0.15) is 96.4 Å². The topological polar surface area (TPSA) is 157 Å². The Balaban J connectivity index is 0.989. The first-order valence-corrected chi connectivity index (χ1v) is 24.6. The number of methoxy groups -OCH3 is 1. The molecule has 0 aliphatic carbocycles. The molecule has 9 rings (SSSR count). The second-order valence-electron chi connectivity index (χ2n) is 19.4. The van der Waals surface area contributed by atoms with Crippen LogP contribution in [0.4, 0.5) is 14.9 Å². The molecule has 4 atom stereocenters. The number of aromatic amines is 2. The molecule has 0 radical (unpaired) electrons. The van der Waals surface area contributed by atoms with E-state index in [4.69, 9.17) is 14.7 Å². The van der Waals surface area contributed by atoms with Gasteiger partial charge in [0.05, 0.1) is 66.1 Å². The van der Waals surface area contributed by atoms with Crippen molar-refractivity contribution in [3.05, 3.63) is 109 Å². The van der Waals surface area contributed by atoms with Gasteiger partial charge in [-0.25, -0.2) is 19.2 Å². The number of rotatable bonds is 14. The van der Waals surface area contributed by atoms with E-state index in [2.05, 4.69) is 92.4 Å². The fourth-order valence-corrected chi connectivity index (χ4v) is 10.6. The zero-order chi connectivity index (χ0) is 48.3. The van der Waals surface area contributed by atoms with E-state index in [1.165, 1.54) is 13.5 Å². The highest BCUT2D eigenvalue weighted by atomic mass is 19.1.